The molecule has 3 rings (SSSR count). The van der Waals surface area contributed by atoms with E-state index < -0.39 is 0 Å². The second-order valence-corrected chi connectivity index (χ2v) is 4.76. The van der Waals surface area contributed by atoms with Gasteiger partial charge in [-0.05, 0) is 6.92 Å². The minimum absolute atomic E-state index is 0.411. The summed E-state index contributed by atoms with van der Waals surface area (Å²) in [5.74, 6) is 0.411. The fourth-order valence-electron chi connectivity index (χ4n) is 2.02. The van der Waals surface area contributed by atoms with Crippen LogP contribution in [0, 0.1) is 6.92 Å². The van der Waals surface area contributed by atoms with E-state index in [1.165, 1.54) is 5.56 Å². The van der Waals surface area contributed by atoms with Crippen molar-refractivity contribution in [1.29, 1.82) is 0 Å². The van der Waals surface area contributed by atoms with Gasteiger partial charge < -0.3 is 5.73 Å². The lowest BCUT2D eigenvalue weighted by atomic mass is 10.1. The Morgan fingerprint density at radius 1 is 1.05 bits per heavy atom. The second-order valence-electron chi connectivity index (χ2n) is 4.76. The zero-order chi connectivity index (χ0) is 14.1. The van der Waals surface area contributed by atoms with E-state index in [4.69, 9.17) is 5.73 Å². The number of nitrogen functional groups attached to an aromatic ring is 1. The zero-order valence-electron chi connectivity index (χ0n) is 11.4. The van der Waals surface area contributed by atoms with Crippen molar-refractivity contribution in [3.05, 3.63) is 48.4 Å². The molecule has 0 saturated carbocycles. The molecule has 100 valence electrons. The Hall–Kier alpha value is -2.69. The van der Waals surface area contributed by atoms with Gasteiger partial charge in [-0.15, -0.1) is 0 Å². The molecule has 3 aromatic rings. The van der Waals surface area contributed by atoms with Gasteiger partial charge in [0, 0.05) is 24.4 Å². The van der Waals surface area contributed by atoms with Gasteiger partial charge in [-0.25, -0.2) is 9.97 Å². The summed E-state index contributed by atoms with van der Waals surface area (Å²) < 4.78 is 1.72. The highest BCUT2D eigenvalue weighted by Gasteiger charge is 2.10. The SMILES string of the molecule is Cc1ccc(-c2cnc(N)c(-c3cnn(C)c3)n2)cc1. The molecule has 0 radical (unpaired) electrons. The molecule has 0 amide bonds. The number of hydrogen-bond donors (Lipinski definition) is 1. The van der Waals surface area contributed by atoms with E-state index in [-0.39, 0.29) is 0 Å². The maximum absolute atomic E-state index is 5.92. The summed E-state index contributed by atoms with van der Waals surface area (Å²) in [6.45, 7) is 2.06. The molecule has 0 spiro atoms. The average Bonchev–Trinajstić information content (AvgIpc) is 2.87. The minimum Gasteiger partial charge on any atom is -0.382 e. The Bertz CT molecular complexity index is 743. The molecule has 1 aromatic carbocycles. The minimum atomic E-state index is 0.411. The summed E-state index contributed by atoms with van der Waals surface area (Å²) in [6, 6.07) is 8.17. The summed E-state index contributed by atoms with van der Waals surface area (Å²) in [7, 11) is 1.86. The Morgan fingerprint density at radius 2 is 1.80 bits per heavy atom. The lowest BCUT2D eigenvalue weighted by Gasteiger charge is -2.06. The highest BCUT2D eigenvalue weighted by Crippen LogP contribution is 2.25. The molecule has 5 nitrogen and oxygen atoms in total. The first kappa shape index (κ1) is 12.3. The lowest BCUT2D eigenvalue weighted by Crippen LogP contribution is -1.98. The molecule has 0 aliphatic carbocycles. The molecule has 0 aliphatic rings. The Balaban J connectivity index is 2.08. The van der Waals surface area contributed by atoms with Crippen LogP contribution < -0.4 is 5.73 Å². The highest BCUT2D eigenvalue weighted by atomic mass is 15.2. The number of benzene rings is 1. The predicted molar refractivity (Wildman–Crippen MR) is 78.8 cm³/mol. The summed E-state index contributed by atoms with van der Waals surface area (Å²) in [6.07, 6.45) is 5.30. The number of rotatable bonds is 2. The number of nitrogens with two attached hydrogens (primary N) is 1. The third-order valence-corrected chi connectivity index (χ3v) is 3.13. The third kappa shape index (κ3) is 2.25. The molecule has 0 fully saturated rings. The predicted octanol–water partition coefficient (Wildman–Crippen LogP) is 2.43. The smallest absolute Gasteiger partial charge is 0.150 e. The van der Waals surface area contributed by atoms with Crippen molar-refractivity contribution in [3.8, 4) is 22.5 Å². The first-order chi connectivity index (χ1) is 9.63. The van der Waals surface area contributed by atoms with Gasteiger partial charge in [-0.2, -0.15) is 5.10 Å². The van der Waals surface area contributed by atoms with Gasteiger partial charge in [0.05, 0.1) is 18.1 Å². The van der Waals surface area contributed by atoms with Gasteiger partial charge in [0.25, 0.3) is 0 Å². The van der Waals surface area contributed by atoms with E-state index in [0.29, 0.717) is 11.5 Å². The van der Waals surface area contributed by atoms with Crippen LogP contribution in [-0.2, 0) is 7.05 Å². The van der Waals surface area contributed by atoms with E-state index >= 15 is 0 Å². The van der Waals surface area contributed by atoms with Crippen molar-refractivity contribution in [2.45, 2.75) is 6.92 Å². The van der Waals surface area contributed by atoms with Gasteiger partial charge in [-0.3, -0.25) is 4.68 Å². The fraction of sp³-hybridized carbons (Fsp3) is 0.133. The van der Waals surface area contributed by atoms with Crippen LogP contribution in [0.25, 0.3) is 22.5 Å². The topological polar surface area (TPSA) is 69.6 Å². The van der Waals surface area contributed by atoms with Crippen LogP contribution in [0.3, 0.4) is 0 Å². The number of anilines is 1. The quantitative estimate of drug-likeness (QED) is 0.772. The van der Waals surface area contributed by atoms with Gasteiger partial charge in [-0.1, -0.05) is 29.8 Å². The summed E-state index contributed by atoms with van der Waals surface area (Å²) in [4.78, 5) is 8.86. The second kappa shape index (κ2) is 4.77. The van der Waals surface area contributed by atoms with Crippen molar-refractivity contribution >= 4 is 5.82 Å². The number of hydrogen-bond acceptors (Lipinski definition) is 4. The Labute approximate surface area is 117 Å². The molecule has 5 heteroatoms. The Kier molecular flexibility index (Phi) is 2.95. The maximum atomic E-state index is 5.92. The van der Waals surface area contributed by atoms with Crippen LogP contribution in [0.5, 0.6) is 0 Å². The van der Waals surface area contributed by atoms with Crippen LogP contribution in [0.4, 0.5) is 5.82 Å². The number of aromatic nitrogens is 4. The van der Waals surface area contributed by atoms with Gasteiger partial charge >= 0.3 is 0 Å². The van der Waals surface area contributed by atoms with Crippen molar-refractivity contribution in [3.63, 3.8) is 0 Å². The van der Waals surface area contributed by atoms with Gasteiger partial charge in [0.15, 0.2) is 0 Å². The van der Waals surface area contributed by atoms with Gasteiger partial charge in [0.1, 0.15) is 11.5 Å². The van der Waals surface area contributed by atoms with Crippen LogP contribution in [0.2, 0.25) is 0 Å². The van der Waals surface area contributed by atoms with E-state index in [9.17, 15) is 0 Å². The Morgan fingerprint density at radius 3 is 2.45 bits per heavy atom. The summed E-state index contributed by atoms with van der Waals surface area (Å²) >= 11 is 0. The monoisotopic (exact) mass is 265 g/mol. The van der Waals surface area contributed by atoms with E-state index in [1.54, 1.807) is 17.1 Å². The van der Waals surface area contributed by atoms with Crippen LogP contribution in [0.15, 0.2) is 42.9 Å². The molecule has 2 N–H and O–H groups in total. The van der Waals surface area contributed by atoms with Crippen molar-refractivity contribution in [2.75, 3.05) is 5.73 Å². The number of nitrogens with zero attached hydrogens (tertiary/aromatic N) is 4. The van der Waals surface area contributed by atoms with Crippen molar-refractivity contribution in [1.82, 2.24) is 19.7 Å². The molecular formula is C15H15N5. The van der Waals surface area contributed by atoms with Crippen LogP contribution in [-0.4, -0.2) is 19.7 Å². The molecular weight excluding hydrogens is 250 g/mol. The summed E-state index contributed by atoms with van der Waals surface area (Å²) in [5, 5.41) is 4.14. The molecule has 2 heterocycles. The maximum Gasteiger partial charge on any atom is 0.150 e. The standard InChI is InChI=1S/C15H15N5/c1-10-3-5-11(6-4-10)13-8-17-15(16)14(19-13)12-7-18-20(2)9-12/h3-9H,1-2H3,(H2,16,17). The zero-order valence-corrected chi connectivity index (χ0v) is 11.4. The van der Waals surface area contributed by atoms with E-state index in [1.807, 2.05) is 25.4 Å². The lowest BCUT2D eigenvalue weighted by molar-refractivity contribution is 0.768. The van der Waals surface area contributed by atoms with E-state index in [2.05, 4.69) is 34.1 Å². The first-order valence-corrected chi connectivity index (χ1v) is 6.32. The normalized spacial score (nSPS) is 10.7. The van der Waals surface area contributed by atoms with Crippen LogP contribution >= 0.6 is 0 Å². The molecule has 2 aromatic heterocycles. The average molecular weight is 265 g/mol. The summed E-state index contributed by atoms with van der Waals surface area (Å²) in [5.41, 5.74) is 10.5. The molecule has 20 heavy (non-hydrogen) atoms. The van der Waals surface area contributed by atoms with Gasteiger partial charge in [0.2, 0.25) is 0 Å². The molecule has 0 unspecified atom stereocenters. The largest absolute Gasteiger partial charge is 0.382 e. The van der Waals surface area contributed by atoms with E-state index in [0.717, 1.165) is 16.8 Å². The van der Waals surface area contributed by atoms with Crippen molar-refractivity contribution in [2.24, 2.45) is 7.05 Å². The van der Waals surface area contributed by atoms with Crippen LogP contribution in [0.1, 0.15) is 5.56 Å². The van der Waals surface area contributed by atoms with Crippen molar-refractivity contribution < 1.29 is 0 Å². The third-order valence-electron chi connectivity index (χ3n) is 3.13. The molecule has 0 bridgehead atoms. The molecule has 0 saturated heterocycles. The molecule has 0 atom stereocenters. The first-order valence-electron chi connectivity index (χ1n) is 6.32. The fourth-order valence-corrected chi connectivity index (χ4v) is 2.02. The highest BCUT2D eigenvalue weighted by molar-refractivity contribution is 5.72. The molecule has 0 aliphatic heterocycles. The number of aryl methyl sites for hydroxylation is 2.